The molecule has 0 atom stereocenters. The molecule has 0 aliphatic heterocycles. The molecule has 1 aromatic heterocycles. The summed E-state index contributed by atoms with van der Waals surface area (Å²) in [4.78, 5) is 4.74. The lowest BCUT2D eigenvalue weighted by Gasteiger charge is -2.07. The van der Waals surface area contributed by atoms with Crippen LogP contribution in [-0.2, 0) is 5.33 Å². The predicted molar refractivity (Wildman–Crippen MR) is 79.8 cm³/mol. The summed E-state index contributed by atoms with van der Waals surface area (Å²) < 4.78 is 0. The molecule has 0 aliphatic rings. The predicted octanol–water partition coefficient (Wildman–Crippen LogP) is 4.80. The van der Waals surface area contributed by atoms with E-state index >= 15 is 0 Å². The Bertz CT molecular complexity index is 677. The highest BCUT2D eigenvalue weighted by Gasteiger charge is 2.05. The van der Waals surface area contributed by atoms with Crippen molar-refractivity contribution >= 4 is 26.7 Å². The number of alkyl halides is 1. The molecule has 0 aliphatic carbocycles. The van der Waals surface area contributed by atoms with Crippen molar-refractivity contribution in [3.05, 3.63) is 66.4 Å². The number of nitrogens with zero attached hydrogens (tertiary/aromatic N) is 1. The molecule has 18 heavy (non-hydrogen) atoms. The van der Waals surface area contributed by atoms with Crippen LogP contribution in [0.4, 0.5) is 0 Å². The van der Waals surface area contributed by atoms with Crippen molar-refractivity contribution in [3.63, 3.8) is 0 Å². The maximum Gasteiger partial charge on any atom is 0.0712 e. The minimum atomic E-state index is 0.772. The van der Waals surface area contributed by atoms with Crippen LogP contribution >= 0.6 is 15.9 Å². The first-order valence-electron chi connectivity index (χ1n) is 5.88. The average Bonchev–Trinajstić information content (AvgIpc) is 2.47. The Kier molecular flexibility index (Phi) is 3.11. The average molecular weight is 298 g/mol. The Morgan fingerprint density at radius 3 is 2.39 bits per heavy atom. The van der Waals surface area contributed by atoms with Crippen LogP contribution < -0.4 is 0 Å². The van der Waals surface area contributed by atoms with E-state index in [-0.39, 0.29) is 0 Å². The number of benzene rings is 2. The van der Waals surface area contributed by atoms with Gasteiger partial charge in [0, 0.05) is 16.3 Å². The molecule has 0 unspecified atom stereocenters. The molecule has 2 aromatic carbocycles. The van der Waals surface area contributed by atoms with Gasteiger partial charge in [-0.25, -0.2) is 0 Å². The van der Waals surface area contributed by atoms with Gasteiger partial charge in [-0.3, -0.25) is 4.98 Å². The number of hydrogen-bond donors (Lipinski definition) is 0. The van der Waals surface area contributed by atoms with Gasteiger partial charge in [-0.15, -0.1) is 0 Å². The van der Waals surface area contributed by atoms with Crippen molar-refractivity contribution in [3.8, 4) is 11.3 Å². The zero-order chi connectivity index (χ0) is 12.4. The number of pyridine rings is 1. The first-order chi connectivity index (χ1) is 8.88. The van der Waals surface area contributed by atoms with Gasteiger partial charge in [0.05, 0.1) is 11.4 Å². The Balaban J connectivity index is 2.26. The summed E-state index contributed by atoms with van der Waals surface area (Å²) in [5, 5.41) is 3.23. The van der Waals surface area contributed by atoms with Gasteiger partial charge in [-0.1, -0.05) is 70.5 Å². The second-order valence-electron chi connectivity index (χ2n) is 4.17. The lowest BCUT2D eigenvalue weighted by atomic mass is 10.1. The van der Waals surface area contributed by atoms with E-state index in [2.05, 4.69) is 58.4 Å². The third-order valence-electron chi connectivity index (χ3n) is 3.02. The standard InChI is InChI=1S/C16H12BrN/c17-11-16-14-9-5-4-8-13(14)10-15(18-16)12-6-2-1-3-7-12/h1-10H,11H2. The van der Waals surface area contributed by atoms with E-state index in [4.69, 9.17) is 4.98 Å². The third kappa shape index (κ3) is 2.04. The highest BCUT2D eigenvalue weighted by atomic mass is 79.9. The topological polar surface area (TPSA) is 12.9 Å². The molecule has 0 saturated carbocycles. The van der Waals surface area contributed by atoms with E-state index in [0.29, 0.717) is 0 Å². The number of halogens is 1. The summed E-state index contributed by atoms with van der Waals surface area (Å²) >= 11 is 3.52. The maximum atomic E-state index is 4.74. The molecule has 1 nitrogen and oxygen atoms in total. The minimum Gasteiger partial charge on any atom is -0.251 e. The Hall–Kier alpha value is -1.67. The quantitative estimate of drug-likeness (QED) is 0.619. The fraction of sp³-hybridized carbons (Fsp3) is 0.0625. The van der Waals surface area contributed by atoms with Crippen molar-refractivity contribution < 1.29 is 0 Å². The smallest absolute Gasteiger partial charge is 0.0712 e. The number of hydrogen-bond acceptors (Lipinski definition) is 1. The molecule has 88 valence electrons. The van der Waals surface area contributed by atoms with Crippen molar-refractivity contribution in [1.29, 1.82) is 0 Å². The van der Waals surface area contributed by atoms with Crippen LogP contribution in [0.5, 0.6) is 0 Å². The van der Waals surface area contributed by atoms with E-state index in [1.54, 1.807) is 0 Å². The fourth-order valence-electron chi connectivity index (χ4n) is 2.13. The fourth-order valence-corrected chi connectivity index (χ4v) is 2.56. The number of aromatic nitrogens is 1. The molecule has 3 rings (SSSR count). The molecule has 1 heterocycles. The van der Waals surface area contributed by atoms with Crippen molar-refractivity contribution in [2.24, 2.45) is 0 Å². The molecular weight excluding hydrogens is 286 g/mol. The summed E-state index contributed by atoms with van der Waals surface area (Å²) in [6.45, 7) is 0. The van der Waals surface area contributed by atoms with E-state index in [0.717, 1.165) is 22.3 Å². The number of fused-ring (bicyclic) bond motifs is 1. The first-order valence-corrected chi connectivity index (χ1v) is 7.00. The van der Waals surface area contributed by atoms with Gasteiger partial charge in [0.1, 0.15) is 0 Å². The van der Waals surface area contributed by atoms with Crippen LogP contribution in [0.2, 0.25) is 0 Å². The second-order valence-corrected chi connectivity index (χ2v) is 4.74. The third-order valence-corrected chi connectivity index (χ3v) is 3.55. The summed E-state index contributed by atoms with van der Waals surface area (Å²) in [6.07, 6.45) is 0. The zero-order valence-corrected chi connectivity index (χ0v) is 11.4. The molecular formula is C16H12BrN. The van der Waals surface area contributed by atoms with E-state index in [1.807, 2.05) is 18.2 Å². The Labute approximate surface area is 115 Å². The summed E-state index contributed by atoms with van der Waals surface area (Å²) in [5.41, 5.74) is 3.28. The largest absolute Gasteiger partial charge is 0.251 e. The van der Waals surface area contributed by atoms with Crippen molar-refractivity contribution in [2.75, 3.05) is 0 Å². The molecule has 0 N–H and O–H groups in total. The molecule has 0 bridgehead atoms. The van der Waals surface area contributed by atoms with Crippen LogP contribution in [-0.4, -0.2) is 4.98 Å². The van der Waals surface area contributed by atoms with Crippen molar-refractivity contribution in [1.82, 2.24) is 4.98 Å². The molecule has 0 fully saturated rings. The van der Waals surface area contributed by atoms with Crippen LogP contribution in [0, 0.1) is 0 Å². The van der Waals surface area contributed by atoms with Crippen LogP contribution in [0.3, 0.4) is 0 Å². The van der Waals surface area contributed by atoms with Gasteiger partial charge in [-0.2, -0.15) is 0 Å². The Morgan fingerprint density at radius 1 is 0.889 bits per heavy atom. The van der Waals surface area contributed by atoms with Crippen LogP contribution in [0.15, 0.2) is 60.7 Å². The van der Waals surface area contributed by atoms with Gasteiger partial charge in [-0.05, 0) is 11.5 Å². The van der Waals surface area contributed by atoms with Gasteiger partial charge in [0.2, 0.25) is 0 Å². The molecule has 0 radical (unpaired) electrons. The molecule has 0 spiro atoms. The van der Waals surface area contributed by atoms with Gasteiger partial charge < -0.3 is 0 Å². The molecule has 0 saturated heterocycles. The van der Waals surface area contributed by atoms with E-state index in [9.17, 15) is 0 Å². The molecule has 3 aromatic rings. The highest BCUT2D eigenvalue weighted by Crippen LogP contribution is 2.25. The summed E-state index contributed by atoms with van der Waals surface area (Å²) in [5.74, 6) is 0. The Morgan fingerprint density at radius 2 is 1.61 bits per heavy atom. The van der Waals surface area contributed by atoms with E-state index in [1.165, 1.54) is 10.8 Å². The zero-order valence-electron chi connectivity index (χ0n) is 9.81. The summed E-state index contributed by atoms with van der Waals surface area (Å²) in [6, 6.07) is 20.8. The molecule has 2 heteroatoms. The van der Waals surface area contributed by atoms with Gasteiger partial charge in [0.15, 0.2) is 0 Å². The van der Waals surface area contributed by atoms with Crippen LogP contribution in [0.1, 0.15) is 5.69 Å². The summed E-state index contributed by atoms with van der Waals surface area (Å²) in [7, 11) is 0. The normalized spacial score (nSPS) is 10.7. The number of rotatable bonds is 2. The monoisotopic (exact) mass is 297 g/mol. The SMILES string of the molecule is BrCc1nc(-c2ccccc2)cc2ccccc12. The molecule has 0 amide bonds. The lowest BCUT2D eigenvalue weighted by Crippen LogP contribution is -1.91. The van der Waals surface area contributed by atoms with Crippen LogP contribution in [0.25, 0.3) is 22.0 Å². The van der Waals surface area contributed by atoms with E-state index < -0.39 is 0 Å². The first kappa shape index (κ1) is 11.4. The lowest BCUT2D eigenvalue weighted by molar-refractivity contribution is 1.22. The highest BCUT2D eigenvalue weighted by molar-refractivity contribution is 9.08. The van der Waals surface area contributed by atoms with Crippen molar-refractivity contribution in [2.45, 2.75) is 5.33 Å². The maximum absolute atomic E-state index is 4.74. The van der Waals surface area contributed by atoms with Gasteiger partial charge in [0.25, 0.3) is 0 Å². The van der Waals surface area contributed by atoms with Gasteiger partial charge >= 0.3 is 0 Å². The second kappa shape index (κ2) is 4.91. The minimum absolute atomic E-state index is 0.772.